The number of carbonyl (C=O) groups is 1. The summed E-state index contributed by atoms with van der Waals surface area (Å²) in [7, 11) is 1.65. The molecule has 1 atom stereocenters. The van der Waals surface area contributed by atoms with Crippen molar-refractivity contribution in [2.45, 2.75) is 26.4 Å². The first kappa shape index (κ1) is 22.4. The van der Waals surface area contributed by atoms with Gasteiger partial charge in [0, 0.05) is 29.7 Å². The molecule has 0 spiro atoms. The molecule has 0 aliphatic heterocycles. The molecule has 3 aromatic heterocycles. The lowest BCUT2D eigenvalue weighted by molar-refractivity contribution is -0.122. The van der Waals surface area contributed by atoms with Gasteiger partial charge >= 0.3 is 0 Å². The Morgan fingerprint density at radius 3 is 2.43 bits per heavy atom. The summed E-state index contributed by atoms with van der Waals surface area (Å²) in [6, 6.07) is 21.9. The van der Waals surface area contributed by atoms with Crippen LogP contribution in [0.3, 0.4) is 0 Å². The fourth-order valence-electron chi connectivity index (χ4n) is 4.35. The summed E-state index contributed by atoms with van der Waals surface area (Å²) < 4.78 is 9.00. The first-order valence-electron chi connectivity index (χ1n) is 11.5. The van der Waals surface area contributed by atoms with Crippen molar-refractivity contribution >= 4 is 16.9 Å². The van der Waals surface area contributed by atoms with E-state index in [1.54, 1.807) is 18.0 Å². The van der Waals surface area contributed by atoms with Crippen molar-refractivity contribution in [3.05, 3.63) is 96.6 Å². The lowest BCUT2D eigenvalue weighted by atomic mass is 10.0. The summed E-state index contributed by atoms with van der Waals surface area (Å²) in [6.07, 6.45) is 5.77. The summed E-state index contributed by atoms with van der Waals surface area (Å²) in [5, 5.41) is 8.66. The van der Waals surface area contributed by atoms with Gasteiger partial charge in [-0.15, -0.1) is 0 Å². The third kappa shape index (κ3) is 4.53. The van der Waals surface area contributed by atoms with Gasteiger partial charge < -0.3 is 14.6 Å². The zero-order chi connectivity index (χ0) is 24.4. The second kappa shape index (κ2) is 9.46. The Balaban J connectivity index is 1.33. The van der Waals surface area contributed by atoms with E-state index < -0.39 is 0 Å². The van der Waals surface area contributed by atoms with E-state index in [-0.39, 0.29) is 18.5 Å². The Morgan fingerprint density at radius 1 is 1.03 bits per heavy atom. The molecule has 0 aliphatic carbocycles. The fraction of sp³-hybridized carbons (Fsp3) is 0.179. The lowest BCUT2D eigenvalue weighted by Crippen LogP contribution is -2.30. The van der Waals surface area contributed by atoms with Crippen LogP contribution in [-0.4, -0.2) is 32.3 Å². The molecule has 7 heteroatoms. The number of pyridine rings is 1. The molecule has 2 aromatic carbocycles. The minimum Gasteiger partial charge on any atom is -0.497 e. The van der Waals surface area contributed by atoms with Crippen molar-refractivity contribution < 1.29 is 9.53 Å². The molecule has 0 radical (unpaired) electrons. The molecule has 1 amide bonds. The Labute approximate surface area is 204 Å². The van der Waals surface area contributed by atoms with Gasteiger partial charge in [0.2, 0.25) is 5.91 Å². The van der Waals surface area contributed by atoms with Gasteiger partial charge in [0.15, 0.2) is 5.65 Å². The molecule has 0 fully saturated rings. The van der Waals surface area contributed by atoms with Crippen LogP contribution in [0.5, 0.6) is 5.75 Å². The van der Waals surface area contributed by atoms with E-state index in [9.17, 15) is 4.79 Å². The van der Waals surface area contributed by atoms with Gasteiger partial charge in [-0.2, -0.15) is 5.10 Å². The highest BCUT2D eigenvalue weighted by Crippen LogP contribution is 2.31. The number of ether oxygens (including phenoxy) is 1. The molecule has 0 saturated carbocycles. The number of benzene rings is 2. The van der Waals surface area contributed by atoms with Gasteiger partial charge in [0.05, 0.1) is 18.8 Å². The molecule has 5 aromatic rings. The Hall–Kier alpha value is -4.39. The quantitative estimate of drug-likeness (QED) is 0.364. The SMILES string of the molecule is COc1ccc(-c2ccnc3c2c(C)nn3CC(=O)NC(C)c2ccc(-n3cccc3)cc2)cc1. The van der Waals surface area contributed by atoms with E-state index in [2.05, 4.69) is 15.4 Å². The third-order valence-electron chi connectivity index (χ3n) is 6.18. The Bertz CT molecular complexity index is 1450. The summed E-state index contributed by atoms with van der Waals surface area (Å²) in [4.78, 5) is 17.5. The maximum absolute atomic E-state index is 12.9. The van der Waals surface area contributed by atoms with Crippen molar-refractivity contribution in [3.63, 3.8) is 0 Å². The third-order valence-corrected chi connectivity index (χ3v) is 6.18. The first-order valence-corrected chi connectivity index (χ1v) is 11.5. The van der Waals surface area contributed by atoms with E-state index in [1.807, 2.05) is 97.5 Å². The van der Waals surface area contributed by atoms with Crippen LogP contribution in [0.15, 0.2) is 85.3 Å². The van der Waals surface area contributed by atoms with Gasteiger partial charge in [0.25, 0.3) is 0 Å². The second-order valence-electron chi connectivity index (χ2n) is 8.50. The number of nitrogens with zero attached hydrogens (tertiary/aromatic N) is 4. The monoisotopic (exact) mass is 465 g/mol. The number of amides is 1. The average molecular weight is 466 g/mol. The maximum Gasteiger partial charge on any atom is 0.242 e. The fourth-order valence-corrected chi connectivity index (χ4v) is 4.35. The highest BCUT2D eigenvalue weighted by molar-refractivity contribution is 5.95. The van der Waals surface area contributed by atoms with Gasteiger partial charge in [-0.1, -0.05) is 24.3 Å². The van der Waals surface area contributed by atoms with Crippen LogP contribution < -0.4 is 10.1 Å². The molecule has 176 valence electrons. The minimum atomic E-state index is -0.132. The molecule has 0 aliphatic rings. The number of carbonyl (C=O) groups excluding carboxylic acids is 1. The summed E-state index contributed by atoms with van der Waals surface area (Å²) >= 11 is 0. The smallest absolute Gasteiger partial charge is 0.242 e. The number of methoxy groups -OCH3 is 1. The van der Waals surface area contributed by atoms with E-state index in [0.29, 0.717) is 5.65 Å². The standard InChI is InChI=1S/C28H27N5O2/c1-19(21-6-10-23(11-7-21)32-16-4-5-17-32)30-26(34)18-33-28-27(20(2)31-33)25(14-15-29-28)22-8-12-24(35-3)13-9-22/h4-17,19H,18H2,1-3H3,(H,30,34). The largest absolute Gasteiger partial charge is 0.497 e. The van der Waals surface area contributed by atoms with Crippen LogP contribution in [0.25, 0.3) is 27.8 Å². The van der Waals surface area contributed by atoms with Crippen molar-refractivity contribution in [2.75, 3.05) is 7.11 Å². The molecular formula is C28H27N5O2. The predicted molar refractivity (Wildman–Crippen MR) is 137 cm³/mol. The normalized spacial score (nSPS) is 12.0. The number of hydrogen-bond acceptors (Lipinski definition) is 4. The van der Waals surface area contributed by atoms with E-state index in [1.165, 1.54) is 0 Å². The zero-order valence-corrected chi connectivity index (χ0v) is 20.0. The molecule has 35 heavy (non-hydrogen) atoms. The highest BCUT2D eigenvalue weighted by Gasteiger charge is 2.17. The van der Waals surface area contributed by atoms with E-state index in [4.69, 9.17) is 4.74 Å². The minimum absolute atomic E-state index is 0.0925. The molecule has 5 rings (SSSR count). The Kier molecular flexibility index (Phi) is 6.06. The summed E-state index contributed by atoms with van der Waals surface area (Å²) in [5.41, 5.74) is 5.71. The zero-order valence-electron chi connectivity index (χ0n) is 20.0. The molecule has 1 unspecified atom stereocenters. The van der Waals surface area contributed by atoms with Crippen molar-refractivity contribution in [3.8, 4) is 22.6 Å². The molecule has 1 N–H and O–H groups in total. The highest BCUT2D eigenvalue weighted by atomic mass is 16.5. The molecular weight excluding hydrogens is 438 g/mol. The number of rotatable bonds is 7. The molecule has 3 heterocycles. The van der Waals surface area contributed by atoms with Crippen LogP contribution in [-0.2, 0) is 11.3 Å². The first-order chi connectivity index (χ1) is 17.0. The number of nitrogens with one attached hydrogen (secondary N) is 1. The van der Waals surface area contributed by atoms with Crippen LogP contribution in [0.2, 0.25) is 0 Å². The van der Waals surface area contributed by atoms with Gasteiger partial charge in [-0.25, -0.2) is 9.67 Å². The number of fused-ring (bicyclic) bond motifs is 1. The van der Waals surface area contributed by atoms with Crippen molar-refractivity contribution in [1.29, 1.82) is 0 Å². The lowest BCUT2D eigenvalue weighted by Gasteiger charge is -2.15. The van der Waals surface area contributed by atoms with Gasteiger partial charge in [-0.05, 0) is 73.0 Å². The summed E-state index contributed by atoms with van der Waals surface area (Å²) in [5.74, 6) is 0.685. The molecule has 0 saturated heterocycles. The number of aryl methyl sites for hydroxylation is 1. The predicted octanol–water partition coefficient (Wildman–Crippen LogP) is 5.08. The van der Waals surface area contributed by atoms with Crippen molar-refractivity contribution in [2.24, 2.45) is 0 Å². The van der Waals surface area contributed by atoms with Crippen molar-refractivity contribution in [1.82, 2.24) is 24.6 Å². The van der Waals surface area contributed by atoms with E-state index in [0.717, 1.165) is 39.2 Å². The van der Waals surface area contributed by atoms with Gasteiger partial charge in [0.1, 0.15) is 12.3 Å². The van der Waals surface area contributed by atoms with Crippen LogP contribution in [0.4, 0.5) is 0 Å². The molecule has 0 bridgehead atoms. The van der Waals surface area contributed by atoms with E-state index >= 15 is 0 Å². The topological polar surface area (TPSA) is 74.0 Å². The van der Waals surface area contributed by atoms with Gasteiger partial charge in [-0.3, -0.25) is 4.79 Å². The Morgan fingerprint density at radius 2 is 1.74 bits per heavy atom. The summed E-state index contributed by atoms with van der Waals surface area (Å²) in [6.45, 7) is 4.02. The van der Waals surface area contributed by atoms with Crippen LogP contribution >= 0.6 is 0 Å². The maximum atomic E-state index is 12.9. The number of aromatic nitrogens is 4. The van der Waals surface area contributed by atoms with Crippen LogP contribution in [0.1, 0.15) is 24.2 Å². The average Bonchev–Trinajstić information content (AvgIpc) is 3.53. The second-order valence-corrected chi connectivity index (χ2v) is 8.50. The van der Waals surface area contributed by atoms with Crippen LogP contribution in [0, 0.1) is 6.92 Å². The number of hydrogen-bond donors (Lipinski definition) is 1. The molecule has 7 nitrogen and oxygen atoms in total.